The fourth-order valence-corrected chi connectivity index (χ4v) is 3.12. The molecule has 1 aliphatic heterocycles. The number of amides is 1. The molecule has 4 heteroatoms. The van der Waals surface area contributed by atoms with E-state index in [0.29, 0.717) is 17.5 Å². The highest BCUT2D eigenvalue weighted by atomic mass is 35.5. The van der Waals surface area contributed by atoms with E-state index in [-0.39, 0.29) is 18.6 Å². The Bertz CT molecular complexity index is 515. The molecule has 0 unspecified atom stereocenters. The molecule has 110 valence electrons. The first kappa shape index (κ1) is 15.3. The van der Waals surface area contributed by atoms with E-state index < -0.39 is 0 Å². The molecule has 1 amide bonds. The Labute approximate surface area is 125 Å². The Morgan fingerprint density at radius 3 is 2.70 bits per heavy atom. The summed E-state index contributed by atoms with van der Waals surface area (Å²) in [5, 5.41) is 9.94. The van der Waals surface area contributed by atoms with Gasteiger partial charge >= 0.3 is 0 Å². The van der Waals surface area contributed by atoms with Crippen LogP contribution in [0, 0.1) is 19.8 Å². The van der Waals surface area contributed by atoms with Crippen molar-refractivity contribution < 1.29 is 9.90 Å². The van der Waals surface area contributed by atoms with Crippen LogP contribution in [0.1, 0.15) is 41.3 Å². The van der Waals surface area contributed by atoms with Gasteiger partial charge in [-0.15, -0.1) is 0 Å². The van der Waals surface area contributed by atoms with Crippen LogP contribution in [0.2, 0.25) is 5.02 Å². The molecule has 0 aromatic heterocycles. The molecule has 3 nitrogen and oxygen atoms in total. The summed E-state index contributed by atoms with van der Waals surface area (Å²) in [6, 6.07) is 3.91. The van der Waals surface area contributed by atoms with Crippen LogP contribution >= 0.6 is 11.6 Å². The summed E-state index contributed by atoms with van der Waals surface area (Å²) in [6.45, 7) is 6.82. The van der Waals surface area contributed by atoms with E-state index in [2.05, 4.69) is 6.92 Å². The first-order valence-corrected chi connectivity index (χ1v) is 7.50. The molecule has 1 N–H and O–H groups in total. The summed E-state index contributed by atoms with van der Waals surface area (Å²) in [5.41, 5.74) is 2.58. The topological polar surface area (TPSA) is 40.5 Å². The van der Waals surface area contributed by atoms with Crippen LogP contribution < -0.4 is 0 Å². The van der Waals surface area contributed by atoms with Gasteiger partial charge in [-0.05, 0) is 62.8 Å². The lowest BCUT2D eigenvalue weighted by Crippen LogP contribution is -2.45. The molecule has 0 bridgehead atoms. The van der Waals surface area contributed by atoms with E-state index in [0.717, 1.165) is 29.5 Å². The molecule has 0 spiro atoms. The van der Waals surface area contributed by atoms with E-state index in [1.54, 1.807) is 0 Å². The first-order valence-electron chi connectivity index (χ1n) is 7.12. The zero-order valence-corrected chi connectivity index (χ0v) is 13.1. The SMILES string of the molecule is Cc1cc(C(=O)N2CC[C@H](CO)C[C@@H]2C)c(C)cc1Cl. The smallest absolute Gasteiger partial charge is 0.254 e. The number of aryl methyl sites for hydroxylation is 2. The van der Waals surface area contributed by atoms with Gasteiger partial charge in [-0.1, -0.05) is 11.6 Å². The second kappa shape index (κ2) is 6.15. The van der Waals surface area contributed by atoms with Crippen molar-refractivity contribution in [1.29, 1.82) is 0 Å². The molecule has 0 saturated carbocycles. The highest BCUT2D eigenvalue weighted by molar-refractivity contribution is 6.31. The minimum atomic E-state index is 0.0751. The van der Waals surface area contributed by atoms with Gasteiger partial charge in [0.05, 0.1) is 0 Å². The van der Waals surface area contributed by atoms with Crippen LogP contribution in [-0.2, 0) is 0 Å². The molecule has 1 heterocycles. The van der Waals surface area contributed by atoms with E-state index in [4.69, 9.17) is 11.6 Å². The van der Waals surface area contributed by atoms with E-state index >= 15 is 0 Å². The zero-order chi connectivity index (χ0) is 14.9. The second-order valence-electron chi connectivity index (χ2n) is 5.84. The fourth-order valence-electron chi connectivity index (χ4n) is 2.90. The van der Waals surface area contributed by atoms with Crippen molar-refractivity contribution >= 4 is 17.5 Å². The van der Waals surface area contributed by atoms with Crippen molar-refractivity contribution in [3.8, 4) is 0 Å². The average molecular weight is 296 g/mol. The lowest BCUT2D eigenvalue weighted by Gasteiger charge is -2.37. The normalized spacial score (nSPS) is 22.9. The minimum Gasteiger partial charge on any atom is -0.396 e. The van der Waals surface area contributed by atoms with Crippen molar-refractivity contribution in [2.24, 2.45) is 5.92 Å². The predicted molar refractivity (Wildman–Crippen MR) is 81.2 cm³/mol. The molecule has 1 saturated heterocycles. The van der Waals surface area contributed by atoms with Crippen LogP contribution in [0.25, 0.3) is 0 Å². The summed E-state index contributed by atoms with van der Waals surface area (Å²) in [4.78, 5) is 14.6. The number of rotatable bonds is 2. The quantitative estimate of drug-likeness (QED) is 0.910. The summed E-state index contributed by atoms with van der Waals surface area (Å²) >= 11 is 6.09. The largest absolute Gasteiger partial charge is 0.396 e. The zero-order valence-electron chi connectivity index (χ0n) is 12.3. The van der Waals surface area contributed by atoms with E-state index in [9.17, 15) is 9.90 Å². The number of benzene rings is 1. The number of halogens is 1. The molecule has 1 aromatic carbocycles. The van der Waals surface area contributed by atoms with Gasteiger partial charge in [-0.25, -0.2) is 0 Å². The Kier molecular flexibility index (Phi) is 4.71. The van der Waals surface area contributed by atoms with Gasteiger partial charge in [0.25, 0.3) is 5.91 Å². The third-order valence-corrected chi connectivity index (χ3v) is 4.65. The minimum absolute atomic E-state index is 0.0751. The molecule has 0 radical (unpaired) electrons. The van der Waals surface area contributed by atoms with Gasteiger partial charge in [0.1, 0.15) is 0 Å². The molecular weight excluding hydrogens is 274 g/mol. The maximum atomic E-state index is 12.7. The fraction of sp³-hybridized carbons (Fsp3) is 0.562. The third kappa shape index (κ3) is 2.99. The summed E-state index contributed by atoms with van der Waals surface area (Å²) in [7, 11) is 0. The number of hydrogen-bond donors (Lipinski definition) is 1. The molecule has 1 aliphatic rings. The summed E-state index contributed by atoms with van der Waals surface area (Å²) in [5.74, 6) is 0.397. The van der Waals surface area contributed by atoms with E-state index in [1.807, 2.05) is 30.9 Å². The molecule has 1 aromatic rings. The highest BCUT2D eigenvalue weighted by Gasteiger charge is 2.29. The molecular formula is C16H22ClNO2. The molecule has 1 fully saturated rings. The number of aliphatic hydroxyl groups is 1. The number of aliphatic hydroxyl groups excluding tert-OH is 1. The predicted octanol–water partition coefficient (Wildman–Crippen LogP) is 3.19. The Morgan fingerprint density at radius 2 is 2.10 bits per heavy atom. The summed E-state index contributed by atoms with van der Waals surface area (Å²) in [6.07, 6.45) is 1.74. The monoisotopic (exact) mass is 295 g/mol. The standard InChI is InChI=1S/C16H22ClNO2/c1-10-7-15(17)11(2)6-14(10)16(20)18-5-4-13(9-19)8-12(18)3/h6-7,12-13,19H,4-5,8-9H2,1-3H3/t12-,13-/m0/s1. The van der Waals surface area contributed by atoms with Crippen molar-refractivity contribution in [1.82, 2.24) is 4.90 Å². The highest BCUT2D eigenvalue weighted by Crippen LogP contribution is 2.27. The number of carbonyl (C=O) groups is 1. The number of carbonyl (C=O) groups excluding carboxylic acids is 1. The lowest BCUT2D eigenvalue weighted by atomic mass is 9.91. The van der Waals surface area contributed by atoms with Crippen LogP contribution in [0.15, 0.2) is 12.1 Å². The summed E-state index contributed by atoms with van der Waals surface area (Å²) < 4.78 is 0. The molecule has 0 aliphatic carbocycles. The van der Waals surface area contributed by atoms with Gasteiger partial charge in [0.2, 0.25) is 0 Å². The number of hydrogen-bond acceptors (Lipinski definition) is 2. The van der Waals surface area contributed by atoms with Crippen molar-refractivity contribution in [2.45, 2.75) is 39.7 Å². The average Bonchev–Trinajstić information content (AvgIpc) is 2.42. The maximum Gasteiger partial charge on any atom is 0.254 e. The maximum absolute atomic E-state index is 12.7. The van der Waals surface area contributed by atoms with Gasteiger partial charge in [0, 0.05) is 29.8 Å². The number of nitrogens with zero attached hydrogens (tertiary/aromatic N) is 1. The number of likely N-dealkylation sites (tertiary alicyclic amines) is 1. The first-order chi connectivity index (χ1) is 9.43. The van der Waals surface area contributed by atoms with E-state index in [1.165, 1.54) is 0 Å². The van der Waals surface area contributed by atoms with Crippen molar-refractivity contribution in [3.63, 3.8) is 0 Å². The lowest BCUT2D eigenvalue weighted by molar-refractivity contribution is 0.0514. The molecule has 2 rings (SSSR count). The van der Waals surface area contributed by atoms with Gasteiger partial charge in [-0.2, -0.15) is 0 Å². The molecule has 20 heavy (non-hydrogen) atoms. The van der Waals surface area contributed by atoms with Gasteiger partial charge in [-0.3, -0.25) is 4.79 Å². The van der Waals surface area contributed by atoms with Crippen LogP contribution in [0.4, 0.5) is 0 Å². The third-order valence-electron chi connectivity index (χ3n) is 4.24. The Balaban J connectivity index is 2.22. The van der Waals surface area contributed by atoms with Crippen molar-refractivity contribution in [2.75, 3.05) is 13.2 Å². The van der Waals surface area contributed by atoms with Crippen LogP contribution in [0.3, 0.4) is 0 Å². The Hall–Kier alpha value is -1.06. The van der Waals surface area contributed by atoms with Crippen molar-refractivity contribution in [3.05, 3.63) is 33.8 Å². The Morgan fingerprint density at radius 1 is 1.40 bits per heavy atom. The van der Waals surface area contributed by atoms with Gasteiger partial charge in [0.15, 0.2) is 0 Å². The number of piperidine rings is 1. The van der Waals surface area contributed by atoms with Crippen LogP contribution in [-0.4, -0.2) is 35.1 Å². The second-order valence-corrected chi connectivity index (χ2v) is 6.24. The molecule has 2 atom stereocenters. The van der Waals surface area contributed by atoms with Gasteiger partial charge < -0.3 is 10.0 Å². The van der Waals surface area contributed by atoms with Crippen LogP contribution in [0.5, 0.6) is 0 Å².